The van der Waals surface area contributed by atoms with Crippen LogP contribution in [0.25, 0.3) is 0 Å². The number of hydrogen-bond acceptors (Lipinski definition) is 5. The second-order valence-corrected chi connectivity index (χ2v) is 6.84. The van der Waals surface area contributed by atoms with Crippen molar-refractivity contribution < 1.29 is 24.5 Å². The largest absolute Gasteiger partial charge is 0.508 e. The van der Waals surface area contributed by atoms with E-state index >= 15 is 0 Å². The van der Waals surface area contributed by atoms with Gasteiger partial charge in [-0.05, 0) is 60.4 Å². The monoisotopic (exact) mass is 391 g/mol. The molecule has 3 N–H and O–H groups in total. The Morgan fingerprint density at radius 2 is 1.62 bits per heavy atom. The first-order valence-corrected chi connectivity index (χ1v) is 9.39. The fourth-order valence-electron chi connectivity index (χ4n) is 3.31. The number of benzene rings is 3. The Morgan fingerprint density at radius 1 is 0.897 bits per heavy atom. The quantitative estimate of drug-likeness (QED) is 0.578. The minimum Gasteiger partial charge on any atom is -0.508 e. The number of carboxylic acids is 1. The normalized spacial score (nSPS) is 12.4. The molecule has 6 heteroatoms. The second kappa shape index (κ2) is 8.14. The maximum Gasteiger partial charge on any atom is 0.337 e. The lowest BCUT2D eigenvalue weighted by Gasteiger charge is -2.19. The Kier molecular flexibility index (Phi) is 5.24. The predicted octanol–water partition coefficient (Wildman–Crippen LogP) is 4.39. The molecule has 4 rings (SSSR count). The number of ether oxygens (including phenoxy) is 2. The van der Waals surface area contributed by atoms with Crippen molar-refractivity contribution in [1.82, 2.24) is 0 Å². The van der Waals surface area contributed by atoms with Crippen LogP contribution in [0.2, 0.25) is 0 Å². The van der Waals surface area contributed by atoms with Gasteiger partial charge >= 0.3 is 5.97 Å². The predicted molar refractivity (Wildman–Crippen MR) is 110 cm³/mol. The zero-order valence-corrected chi connectivity index (χ0v) is 15.7. The van der Waals surface area contributed by atoms with Crippen LogP contribution < -0.4 is 14.8 Å². The molecule has 0 unspecified atom stereocenters. The van der Waals surface area contributed by atoms with Gasteiger partial charge in [0.25, 0.3) is 0 Å². The van der Waals surface area contributed by atoms with E-state index in [9.17, 15) is 15.0 Å². The summed E-state index contributed by atoms with van der Waals surface area (Å²) in [5.74, 6) is 0.636. The van der Waals surface area contributed by atoms with E-state index in [-0.39, 0.29) is 11.3 Å². The smallest absolute Gasteiger partial charge is 0.337 e. The summed E-state index contributed by atoms with van der Waals surface area (Å²) < 4.78 is 11.2. The third kappa shape index (κ3) is 4.43. The van der Waals surface area contributed by atoms with Gasteiger partial charge in [0.2, 0.25) is 0 Å². The summed E-state index contributed by atoms with van der Waals surface area (Å²) in [6.07, 6.45) is 1.53. The minimum absolute atomic E-state index is 0.113. The standard InChI is InChI=1S/C23H21NO5/c25-18-3-1-2-17(14-18)24-20-12-15(6-8-19(20)23(26)27)4-5-16-7-9-21-22(13-16)29-11-10-28-21/h1-3,6-9,12-14,24-25H,4-5,10-11H2,(H,26,27). The number of phenolic OH excluding ortho intramolecular Hbond substituents is 1. The Labute approximate surface area is 168 Å². The van der Waals surface area contributed by atoms with Crippen molar-refractivity contribution in [2.45, 2.75) is 12.8 Å². The van der Waals surface area contributed by atoms with Crippen LogP contribution in [-0.4, -0.2) is 29.4 Å². The first-order valence-electron chi connectivity index (χ1n) is 9.39. The molecule has 0 saturated carbocycles. The highest BCUT2D eigenvalue weighted by molar-refractivity contribution is 5.95. The number of anilines is 2. The van der Waals surface area contributed by atoms with Crippen LogP contribution in [0.15, 0.2) is 60.7 Å². The average molecular weight is 391 g/mol. The molecule has 1 aliphatic heterocycles. The number of aromatic carboxylic acids is 1. The number of nitrogens with one attached hydrogen (secondary N) is 1. The van der Waals surface area contributed by atoms with Gasteiger partial charge in [0.15, 0.2) is 11.5 Å². The molecule has 1 aliphatic rings. The van der Waals surface area contributed by atoms with Crippen LogP contribution in [0, 0.1) is 0 Å². The lowest BCUT2D eigenvalue weighted by atomic mass is 10.0. The maximum atomic E-state index is 11.6. The fraction of sp³-hybridized carbons (Fsp3) is 0.174. The number of carbonyl (C=O) groups is 1. The van der Waals surface area contributed by atoms with E-state index in [2.05, 4.69) is 5.32 Å². The van der Waals surface area contributed by atoms with Crippen molar-refractivity contribution in [3.05, 3.63) is 77.4 Å². The Balaban J connectivity index is 1.52. The van der Waals surface area contributed by atoms with Crippen molar-refractivity contribution in [3.8, 4) is 17.2 Å². The van der Waals surface area contributed by atoms with Gasteiger partial charge in [-0.2, -0.15) is 0 Å². The van der Waals surface area contributed by atoms with E-state index in [0.29, 0.717) is 24.6 Å². The summed E-state index contributed by atoms with van der Waals surface area (Å²) >= 11 is 0. The van der Waals surface area contributed by atoms with E-state index < -0.39 is 5.97 Å². The number of hydrogen-bond donors (Lipinski definition) is 3. The Hall–Kier alpha value is -3.67. The number of carboxylic acid groups (broad SMARTS) is 1. The summed E-state index contributed by atoms with van der Waals surface area (Å²) in [4.78, 5) is 11.6. The highest BCUT2D eigenvalue weighted by Crippen LogP contribution is 2.31. The van der Waals surface area contributed by atoms with Gasteiger partial charge in [0.05, 0.1) is 11.3 Å². The third-order valence-corrected chi connectivity index (χ3v) is 4.75. The number of rotatable bonds is 6. The van der Waals surface area contributed by atoms with E-state index in [1.807, 2.05) is 30.3 Å². The lowest BCUT2D eigenvalue weighted by molar-refractivity contribution is 0.0698. The molecule has 0 fully saturated rings. The summed E-state index contributed by atoms with van der Waals surface area (Å²) in [5, 5.41) is 22.2. The molecule has 0 aliphatic carbocycles. The van der Waals surface area contributed by atoms with Crippen LogP contribution in [0.5, 0.6) is 17.2 Å². The molecule has 148 valence electrons. The molecule has 0 bridgehead atoms. The van der Waals surface area contributed by atoms with E-state index in [1.165, 1.54) is 0 Å². The third-order valence-electron chi connectivity index (χ3n) is 4.75. The van der Waals surface area contributed by atoms with Crippen molar-refractivity contribution in [2.75, 3.05) is 18.5 Å². The van der Waals surface area contributed by atoms with E-state index in [0.717, 1.165) is 35.5 Å². The van der Waals surface area contributed by atoms with Gasteiger partial charge < -0.3 is 25.0 Å². The first kappa shape index (κ1) is 18.7. The topological polar surface area (TPSA) is 88.0 Å². The molecule has 3 aromatic rings. The van der Waals surface area contributed by atoms with Crippen LogP contribution in [0.3, 0.4) is 0 Å². The van der Waals surface area contributed by atoms with Crippen LogP contribution >= 0.6 is 0 Å². The Morgan fingerprint density at radius 3 is 2.38 bits per heavy atom. The zero-order valence-electron chi connectivity index (χ0n) is 15.7. The van der Waals surface area contributed by atoms with Gasteiger partial charge in [0.1, 0.15) is 19.0 Å². The minimum atomic E-state index is -1.01. The number of aromatic hydroxyl groups is 1. The molecule has 0 saturated heterocycles. The molecule has 0 spiro atoms. The SMILES string of the molecule is O=C(O)c1ccc(CCc2ccc3c(c2)OCCO3)cc1Nc1cccc(O)c1. The molecule has 0 aromatic heterocycles. The highest BCUT2D eigenvalue weighted by Gasteiger charge is 2.13. The number of phenols is 1. The van der Waals surface area contributed by atoms with Crippen LogP contribution in [0.4, 0.5) is 11.4 Å². The summed E-state index contributed by atoms with van der Waals surface area (Å²) in [6.45, 7) is 1.12. The molecule has 1 heterocycles. The van der Waals surface area contributed by atoms with Crippen LogP contribution in [0.1, 0.15) is 21.5 Å². The van der Waals surface area contributed by atoms with Gasteiger partial charge in [-0.15, -0.1) is 0 Å². The molecule has 29 heavy (non-hydrogen) atoms. The summed E-state index contributed by atoms with van der Waals surface area (Å²) in [7, 11) is 0. The van der Waals surface area contributed by atoms with Gasteiger partial charge in [0, 0.05) is 11.8 Å². The average Bonchev–Trinajstić information content (AvgIpc) is 2.72. The molecule has 0 amide bonds. The molecule has 6 nitrogen and oxygen atoms in total. The van der Waals surface area contributed by atoms with Crippen LogP contribution in [-0.2, 0) is 12.8 Å². The highest BCUT2D eigenvalue weighted by atomic mass is 16.6. The zero-order chi connectivity index (χ0) is 20.2. The second-order valence-electron chi connectivity index (χ2n) is 6.84. The van der Waals surface area contributed by atoms with Crippen molar-refractivity contribution in [1.29, 1.82) is 0 Å². The molecular weight excluding hydrogens is 370 g/mol. The molecule has 0 radical (unpaired) electrons. The van der Waals surface area contributed by atoms with Gasteiger partial charge in [-0.25, -0.2) is 4.79 Å². The molecular formula is C23H21NO5. The molecule has 0 atom stereocenters. The summed E-state index contributed by atoms with van der Waals surface area (Å²) in [6, 6.07) is 17.8. The number of aryl methyl sites for hydroxylation is 2. The van der Waals surface area contributed by atoms with Crippen molar-refractivity contribution >= 4 is 17.3 Å². The van der Waals surface area contributed by atoms with Gasteiger partial charge in [-0.3, -0.25) is 0 Å². The summed E-state index contributed by atoms with van der Waals surface area (Å²) in [5.41, 5.74) is 3.42. The first-order chi connectivity index (χ1) is 14.1. The Bertz CT molecular complexity index is 1050. The van der Waals surface area contributed by atoms with E-state index in [4.69, 9.17) is 9.47 Å². The molecule has 3 aromatic carbocycles. The van der Waals surface area contributed by atoms with Gasteiger partial charge in [-0.1, -0.05) is 18.2 Å². The maximum absolute atomic E-state index is 11.6. The van der Waals surface area contributed by atoms with E-state index in [1.54, 1.807) is 30.3 Å². The number of fused-ring (bicyclic) bond motifs is 1. The fourth-order valence-corrected chi connectivity index (χ4v) is 3.31. The lowest BCUT2D eigenvalue weighted by Crippen LogP contribution is -2.15. The van der Waals surface area contributed by atoms with Crippen molar-refractivity contribution in [3.63, 3.8) is 0 Å². The van der Waals surface area contributed by atoms with Crippen molar-refractivity contribution in [2.24, 2.45) is 0 Å².